The van der Waals surface area contributed by atoms with E-state index >= 15 is 0 Å². The van der Waals surface area contributed by atoms with E-state index < -0.39 is 0 Å². The molecular weight excluding hydrogens is 308 g/mol. The predicted octanol–water partition coefficient (Wildman–Crippen LogP) is 4.26. The van der Waals surface area contributed by atoms with Gasteiger partial charge >= 0.3 is 0 Å². The molecule has 5 nitrogen and oxygen atoms in total. The lowest BCUT2D eigenvalue weighted by Gasteiger charge is -2.22. The minimum absolute atomic E-state index is 0.196. The number of aromatic nitrogens is 1. The first-order valence-corrected chi connectivity index (χ1v) is 7.77. The zero-order valence-corrected chi connectivity index (χ0v) is 13.3. The lowest BCUT2D eigenvalue weighted by molar-refractivity contribution is 0.442. The van der Waals surface area contributed by atoms with Crippen LogP contribution in [0.2, 0.25) is 0 Å². The van der Waals surface area contributed by atoms with Crippen LogP contribution in [0, 0.1) is 6.92 Å². The number of azo groups is 1. The number of hydrogen-bond donors (Lipinski definition) is 0. The summed E-state index contributed by atoms with van der Waals surface area (Å²) in [5.74, 6) is 0. The zero-order chi connectivity index (χ0) is 15.8. The van der Waals surface area contributed by atoms with E-state index in [1.165, 1.54) is 5.56 Å². The van der Waals surface area contributed by atoms with E-state index in [2.05, 4.69) is 34.4 Å². The fraction of sp³-hybridized carbons (Fsp3) is 0.176. The van der Waals surface area contributed by atoms with Crippen molar-refractivity contribution in [2.45, 2.75) is 19.5 Å². The van der Waals surface area contributed by atoms with E-state index in [1.807, 2.05) is 41.3 Å². The number of anilines is 1. The predicted molar refractivity (Wildman–Crippen MR) is 92.6 cm³/mol. The molecule has 4 rings (SSSR count). The maximum Gasteiger partial charge on any atom is 0.222 e. The van der Waals surface area contributed by atoms with E-state index in [1.54, 1.807) is 0 Å². The van der Waals surface area contributed by atoms with Gasteiger partial charge in [-0.15, -0.1) is 5.11 Å². The van der Waals surface area contributed by atoms with Crippen LogP contribution in [0.25, 0.3) is 11.0 Å². The average Bonchev–Trinajstić information content (AvgIpc) is 3.13. The molecule has 0 aliphatic carbocycles. The first kappa shape index (κ1) is 14.0. The van der Waals surface area contributed by atoms with Gasteiger partial charge in [0, 0.05) is 17.5 Å². The van der Waals surface area contributed by atoms with Crippen molar-refractivity contribution in [2.75, 3.05) is 4.90 Å². The lowest BCUT2D eigenvalue weighted by atomic mass is 10.1. The summed E-state index contributed by atoms with van der Waals surface area (Å²) < 4.78 is 5.37. The summed E-state index contributed by atoms with van der Waals surface area (Å²) in [6.07, 6.45) is 0.396. The molecule has 0 saturated heterocycles. The summed E-state index contributed by atoms with van der Waals surface area (Å²) >= 11 is 5.35. The van der Waals surface area contributed by atoms with Gasteiger partial charge in [-0.2, -0.15) is 5.11 Å². The smallest absolute Gasteiger partial charge is 0.222 e. The van der Waals surface area contributed by atoms with Crippen molar-refractivity contribution >= 4 is 34.0 Å². The minimum atomic E-state index is -0.196. The highest BCUT2D eigenvalue weighted by atomic mass is 32.1. The van der Waals surface area contributed by atoms with Crippen LogP contribution in [-0.2, 0) is 6.42 Å². The SMILES string of the molecule is Cc1ccc(N2C(=S)N=NC2Cc2noc3ccccc23)cc1. The number of nitrogens with zero attached hydrogens (tertiary/aromatic N) is 4. The van der Waals surface area contributed by atoms with Gasteiger partial charge in [-0.05, 0) is 43.4 Å². The molecule has 114 valence electrons. The highest BCUT2D eigenvalue weighted by Gasteiger charge is 2.29. The highest BCUT2D eigenvalue weighted by molar-refractivity contribution is 7.80. The van der Waals surface area contributed by atoms with Crippen LogP contribution in [0.1, 0.15) is 11.3 Å². The van der Waals surface area contributed by atoms with Crippen molar-refractivity contribution in [1.29, 1.82) is 0 Å². The molecule has 1 unspecified atom stereocenters. The summed E-state index contributed by atoms with van der Waals surface area (Å²) in [5, 5.41) is 14.1. The molecular formula is C17H14N4OS. The normalized spacial score (nSPS) is 17.3. The summed E-state index contributed by atoms with van der Waals surface area (Å²) in [6.45, 7) is 2.06. The molecule has 0 radical (unpaired) electrons. The van der Waals surface area contributed by atoms with Crippen LogP contribution in [0.4, 0.5) is 5.69 Å². The molecule has 1 aliphatic heterocycles. The minimum Gasteiger partial charge on any atom is -0.356 e. The van der Waals surface area contributed by atoms with E-state index in [4.69, 9.17) is 16.7 Å². The van der Waals surface area contributed by atoms with Crippen LogP contribution in [0.15, 0.2) is 63.3 Å². The molecule has 0 amide bonds. The Morgan fingerprint density at radius 3 is 2.74 bits per heavy atom. The maximum atomic E-state index is 5.37. The van der Waals surface area contributed by atoms with Crippen molar-refractivity contribution in [2.24, 2.45) is 10.2 Å². The summed E-state index contributed by atoms with van der Waals surface area (Å²) in [4.78, 5) is 1.96. The van der Waals surface area contributed by atoms with Gasteiger partial charge in [0.15, 0.2) is 11.7 Å². The van der Waals surface area contributed by atoms with Crippen LogP contribution >= 0.6 is 12.2 Å². The van der Waals surface area contributed by atoms with Gasteiger partial charge in [0.2, 0.25) is 5.11 Å². The fourth-order valence-corrected chi connectivity index (χ4v) is 3.00. The molecule has 0 N–H and O–H groups in total. The number of rotatable bonds is 3. The Hall–Kier alpha value is -2.60. The van der Waals surface area contributed by atoms with E-state index in [-0.39, 0.29) is 6.17 Å². The van der Waals surface area contributed by atoms with Crippen molar-refractivity contribution < 1.29 is 4.52 Å². The third kappa shape index (κ3) is 2.51. The topological polar surface area (TPSA) is 54.0 Å². The molecule has 0 bridgehead atoms. The van der Waals surface area contributed by atoms with Crippen LogP contribution < -0.4 is 4.90 Å². The van der Waals surface area contributed by atoms with Crippen molar-refractivity contribution in [1.82, 2.24) is 5.16 Å². The number of hydrogen-bond acceptors (Lipinski definition) is 4. The number of para-hydroxylation sites is 1. The maximum absolute atomic E-state index is 5.37. The highest BCUT2D eigenvalue weighted by Crippen LogP contribution is 2.28. The second-order valence-electron chi connectivity index (χ2n) is 5.51. The van der Waals surface area contributed by atoms with Crippen molar-refractivity contribution in [3.05, 3.63) is 59.8 Å². The third-order valence-corrected chi connectivity index (χ3v) is 4.20. The number of fused-ring (bicyclic) bond motifs is 1. The van der Waals surface area contributed by atoms with Crippen molar-refractivity contribution in [3.8, 4) is 0 Å². The Morgan fingerprint density at radius 1 is 1.13 bits per heavy atom. The molecule has 2 heterocycles. The van der Waals surface area contributed by atoms with Crippen LogP contribution in [0.3, 0.4) is 0 Å². The molecule has 3 aromatic rings. The monoisotopic (exact) mass is 322 g/mol. The molecule has 0 fully saturated rings. The third-order valence-electron chi connectivity index (χ3n) is 3.92. The Balaban J connectivity index is 1.66. The molecule has 23 heavy (non-hydrogen) atoms. The Labute approximate surface area is 138 Å². The number of thiocarbonyl (C=S) groups is 1. The van der Waals surface area contributed by atoms with Gasteiger partial charge in [0.05, 0.1) is 5.69 Å². The average molecular weight is 322 g/mol. The van der Waals surface area contributed by atoms with E-state index in [0.717, 1.165) is 22.4 Å². The molecule has 6 heteroatoms. The molecule has 1 aromatic heterocycles. The lowest BCUT2D eigenvalue weighted by Crippen LogP contribution is -2.34. The van der Waals surface area contributed by atoms with Crippen LogP contribution in [-0.4, -0.2) is 16.4 Å². The standard InChI is InChI=1S/C17H14N4OS/c1-11-6-8-12(9-7-11)21-16(18-19-17(21)23)10-14-13-4-2-3-5-15(13)22-20-14/h2-9,16H,10H2,1H3. The molecule has 1 atom stereocenters. The summed E-state index contributed by atoms with van der Waals surface area (Å²) in [5.41, 5.74) is 3.84. The van der Waals surface area contributed by atoms with Crippen molar-refractivity contribution in [3.63, 3.8) is 0 Å². The second kappa shape index (κ2) is 5.55. The Kier molecular flexibility index (Phi) is 3.38. The summed E-state index contributed by atoms with van der Waals surface area (Å²) in [7, 11) is 0. The molecule has 2 aromatic carbocycles. The summed E-state index contributed by atoms with van der Waals surface area (Å²) in [6, 6.07) is 16.0. The first-order valence-electron chi connectivity index (χ1n) is 7.36. The van der Waals surface area contributed by atoms with E-state index in [9.17, 15) is 0 Å². The number of aryl methyl sites for hydroxylation is 1. The molecule has 0 saturated carbocycles. The van der Waals surface area contributed by atoms with Gasteiger partial charge in [0.1, 0.15) is 0 Å². The van der Waals surface area contributed by atoms with Gasteiger partial charge in [-0.25, -0.2) is 0 Å². The van der Waals surface area contributed by atoms with Crippen LogP contribution in [0.5, 0.6) is 0 Å². The fourth-order valence-electron chi connectivity index (χ4n) is 2.72. The Morgan fingerprint density at radius 2 is 1.91 bits per heavy atom. The molecule has 1 aliphatic rings. The van der Waals surface area contributed by atoms with E-state index in [0.29, 0.717) is 11.5 Å². The largest absolute Gasteiger partial charge is 0.356 e. The Bertz CT molecular complexity index is 900. The van der Waals surface area contributed by atoms with Gasteiger partial charge in [0.25, 0.3) is 0 Å². The number of benzene rings is 2. The van der Waals surface area contributed by atoms with Gasteiger partial charge in [-0.3, -0.25) is 4.90 Å². The molecule has 0 spiro atoms. The first-order chi connectivity index (χ1) is 11.2. The van der Waals surface area contributed by atoms with Gasteiger partial charge in [-0.1, -0.05) is 35.0 Å². The second-order valence-corrected chi connectivity index (χ2v) is 5.88. The zero-order valence-electron chi connectivity index (χ0n) is 12.5. The quantitative estimate of drug-likeness (QED) is 0.676. The van der Waals surface area contributed by atoms with Gasteiger partial charge < -0.3 is 4.52 Å².